The highest BCUT2D eigenvalue weighted by Gasteiger charge is 2.48. The van der Waals surface area contributed by atoms with Crippen molar-refractivity contribution in [2.24, 2.45) is 11.8 Å². The molecule has 0 spiro atoms. The van der Waals surface area contributed by atoms with E-state index in [2.05, 4.69) is 0 Å². The Labute approximate surface area is 98.3 Å². The molecule has 0 radical (unpaired) electrons. The second-order valence-electron chi connectivity index (χ2n) is 4.21. The van der Waals surface area contributed by atoms with E-state index in [4.69, 9.17) is 11.6 Å². The molecule has 6 heteroatoms. The van der Waals surface area contributed by atoms with Crippen molar-refractivity contribution in [2.75, 3.05) is 26.0 Å². The van der Waals surface area contributed by atoms with Crippen LogP contribution in [-0.2, 0) is 14.4 Å². The first-order valence-corrected chi connectivity index (χ1v) is 5.75. The molecule has 88 valence electrons. The van der Waals surface area contributed by atoms with Crippen LogP contribution in [0.3, 0.4) is 0 Å². The molecule has 0 N–H and O–H groups in total. The van der Waals surface area contributed by atoms with Crippen LogP contribution in [0.5, 0.6) is 0 Å². The van der Waals surface area contributed by atoms with Crippen molar-refractivity contribution in [2.45, 2.75) is 6.42 Å². The number of rotatable bonds is 1. The van der Waals surface area contributed by atoms with E-state index in [-0.39, 0.29) is 35.4 Å². The number of carbonyl (C=O) groups excluding carboxylic acids is 3. The van der Waals surface area contributed by atoms with E-state index in [1.807, 2.05) is 0 Å². The van der Waals surface area contributed by atoms with Crippen molar-refractivity contribution in [1.29, 1.82) is 0 Å². The predicted octanol–water partition coefficient (Wildman–Crippen LogP) is -0.312. The molecule has 2 atom stereocenters. The molecule has 0 bridgehead atoms. The Morgan fingerprint density at radius 1 is 1.38 bits per heavy atom. The second kappa shape index (κ2) is 4.05. The Hall–Kier alpha value is -1.10. The highest BCUT2D eigenvalue weighted by molar-refractivity contribution is 6.27. The number of likely N-dealkylation sites (tertiary alicyclic amines) is 2. The third-order valence-corrected chi connectivity index (χ3v) is 3.60. The average Bonchev–Trinajstić information content (AvgIpc) is 2.53. The predicted molar refractivity (Wildman–Crippen MR) is 56.7 cm³/mol. The summed E-state index contributed by atoms with van der Waals surface area (Å²) in [6.07, 6.45) is 0.558. The standard InChI is InChI=1S/C10H13ClN2O3/c1-12-9(15)6-2-3-13(8(14)4-11)5-7(6)10(12)16/h6-7H,2-5H2,1H3/t6-,7-/m1/s1. The maximum atomic E-state index is 11.7. The maximum absolute atomic E-state index is 11.7. The number of hydrogen-bond acceptors (Lipinski definition) is 3. The number of imide groups is 1. The van der Waals surface area contributed by atoms with Gasteiger partial charge in [0.05, 0.1) is 11.8 Å². The number of carbonyl (C=O) groups is 3. The summed E-state index contributed by atoms with van der Waals surface area (Å²) >= 11 is 5.47. The average molecular weight is 245 g/mol. The van der Waals surface area contributed by atoms with E-state index in [0.717, 1.165) is 0 Å². The highest BCUT2D eigenvalue weighted by atomic mass is 35.5. The summed E-state index contributed by atoms with van der Waals surface area (Å²) in [6, 6.07) is 0. The molecule has 0 saturated carbocycles. The summed E-state index contributed by atoms with van der Waals surface area (Å²) in [5.41, 5.74) is 0. The number of halogens is 1. The molecule has 2 aliphatic rings. The van der Waals surface area contributed by atoms with Crippen LogP contribution in [0.25, 0.3) is 0 Å². The van der Waals surface area contributed by atoms with Gasteiger partial charge in [-0.15, -0.1) is 11.6 Å². The molecule has 0 aliphatic carbocycles. The van der Waals surface area contributed by atoms with Crippen LogP contribution in [0.2, 0.25) is 0 Å². The molecule has 0 aromatic rings. The van der Waals surface area contributed by atoms with Crippen molar-refractivity contribution in [1.82, 2.24) is 9.80 Å². The number of alkyl halides is 1. The van der Waals surface area contributed by atoms with E-state index >= 15 is 0 Å². The van der Waals surface area contributed by atoms with E-state index in [1.165, 1.54) is 11.9 Å². The van der Waals surface area contributed by atoms with E-state index in [9.17, 15) is 14.4 Å². The van der Waals surface area contributed by atoms with E-state index in [1.54, 1.807) is 4.90 Å². The molecule has 3 amide bonds. The largest absolute Gasteiger partial charge is 0.341 e. The van der Waals surface area contributed by atoms with Crippen molar-refractivity contribution < 1.29 is 14.4 Å². The molecule has 16 heavy (non-hydrogen) atoms. The first-order chi connectivity index (χ1) is 7.56. The fourth-order valence-electron chi connectivity index (χ4n) is 2.41. The quantitative estimate of drug-likeness (QED) is 0.470. The summed E-state index contributed by atoms with van der Waals surface area (Å²) < 4.78 is 0. The van der Waals surface area contributed by atoms with E-state index < -0.39 is 0 Å². The molecular weight excluding hydrogens is 232 g/mol. The third kappa shape index (κ3) is 1.59. The minimum Gasteiger partial charge on any atom is -0.341 e. The van der Waals surface area contributed by atoms with Crippen LogP contribution in [0, 0.1) is 11.8 Å². The highest BCUT2D eigenvalue weighted by Crippen LogP contribution is 2.32. The minimum atomic E-state index is -0.363. The molecule has 2 saturated heterocycles. The Morgan fingerprint density at radius 2 is 2.00 bits per heavy atom. The van der Waals surface area contributed by atoms with Crippen LogP contribution in [0.15, 0.2) is 0 Å². The van der Waals surface area contributed by atoms with Gasteiger partial charge in [0, 0.05) is 20.1 Å². The zero-order valence-corrected chi connectivity index (χ0v) is 9.74. The number of hydrogen-bond donors (Lipinski definition) is 0. The zero-order valence-electron chi connectivity index (χ0n) is 8.98. The lowest BCUT2D eigenvalue weighted by Gasteiger charge is -2.31. The fourth-order valence-corrected chi connectivity index (χ4v) is 2.58. The third-order valence-electron chi connectivity index (χ3n) is 3.38. The van der Waals surface area contributed by atoms with Crippen LogP contribution in [0.4, 0.5) is 0 Å². The van der Waals surface area contributed by atoms with Gasteiger partial charge < -0.3 is 4.90 Å². The Bertz CT molecular complexity index is 358. The molecule has 0 aromatic carbocycles. The van der Waals surface area contributed by atoms with Crippen molar-refractivity contribution in [3.63, 3.8) is 0 Å². The molecule has 2 aliphatic heterocycles. The maximum Gasteiger partial charge on any atom is 0.237 e. The van der Waals surface area contributed by atoms with Crippen LogP contribution in [0.1, 0.15) is 6.42 Å². The van der Waals surface area contributed by atoms with Gasteiger partial charge >= 0.3 is 0 Å². The number of fused-ring (bicyclic) bond motifs is 1. The number of amides is 3. The normalized spacial score (nSPS) is 29.6. The van der Waals surface area contributed by atoms with Crippen molar-refractivity contribution >= 4 is 29.3 Å². The molecule has 2 fully saturated rings. The Balaban J connectivity index is 2.13. The number of nitrogens with zero attached hydrogens (tertiary/aromatic N) is 2. The monoisotopic (exact) mass is 244 g/mol. The summed E-state index contributed by atoms with van der Waals surface area (Å²) in [5.74, 6) is -1.14. The van der Waals surface area contributed by atoms with Gasteiger partial charge in [-0.05, 0) is 6.42 Å². The van der Waals surface area contributed by atoms with Crippen LogP contribution in [-0.4, -0.2) is 53.5 Å². The Kier molecular flexibility index (Phi) is 2.88. The van der Waals surface area contributed by atoms with Gasteiger partial charge in [0.1, 0.15) is 5.88 Å². The van der Waals surface area contributed by atoms with Crippen molar-refractivity contribution in [3.05, 3.63) is 0 Å². The number of piperidine rings is 1. The van der Waals surface area contributed by atoms with Crippen molar-refractivity contribution in [3.8, 4) is 0 Å². The van der Waals surface area contributed by atoms with Gasteiger partial charge in [-0.25, -0.2) is 0 Å². The van der Waals surface area contributed by atoms with Gasteiger partial charge in [0.15, 0.2) is 0 Å². The first-order valence-electron chi connectivity index (χ1n) is 5.21. The fraction of sp³-hybridized carbons (Fsp3) is 0.700. The first kappa shape index (κ1) is 11.4. The SMILES string of the molecule is CN1C(=O)[C@@H]2CCN(C(=O)CCl)C[C@H]2C1=O. The summed E-state index contributed by atoms with van der Waals surface area (Å²) in [7, 11) is 1.50. The summed E-state index contributed by atoms with van der Waals surface area (Å²) in [5, 5.41) is 0. The summed E-state index contributed by atoms with van der Waals surface area (Å²) in [6.45, 7) is 0.838. The van der Waals surface area contributed by atoms with Gasteiger partial charge in [0.2, 0.25) is 17.7 Å². The smallest absolute Gasteiger partial charge is 0.237 e. The van der Waals surface area contributed by atoms with Crippen LogP contribution >= 0.6 is 11.6 Å². The molecular formula is C10H13ClN2O3. The summed E-state index contributed by atoms with van der Waals surface area (Å²) in [4.78, 5) is 37.6. The van der Waals surface area contributed by atoms with Gasteiger partial charge in [-0.2, -0.15) is 0 Å². The molecule has 0 aromatic heterocycles. The lowest BCUT2D eigenvalue weighted by molar-refractivity contribution is -0.138. The molecule has 2 rings (SSSR count). The lowest BCUT2D eigenvalue weighted by atomic mass is 9.88. The van der Waals surface area contributed by atoms with Gasteiger partial charge in [0.25, 0.3) is 0 Å². The molecule has 0 unspecified atom stereocenters. The minimum absolute atomic E-state index is 0.0740. The zero-order chi connectivity index (χ0) is 11.9. The van der Waals surface area contributed by atoms with Gasteiger partial charge in [-0.1, -0.05) is 0 Å². The van der Waals surface area contributed by atoms with Crippen LogP contribution < -0.4 is 0 Å². The van der Waals surface area contributed by atoms with Gasteiger partial charge in [-0.3, -0.25) is 19.3 Å². The second-order valence-corrected chi connectivity index (χ2v) is 4.48. The Morgan fingerprint density at radius 3 is 2.62 bits per heavy atom. The lowest BCUT2D eigenvalue weighted by Crippen LogP contribution is -2.45. The topological polar surface area (TPSA) is 57.7 Å². The molecule has 2 heterocycles. The molecule has 5 nitrogen and oxygen atoms in total. The van der Waals surface area contributed by atoms with E-state index in [0.29, 0.717) is 19.5 Å².